The topological polar surface area (TPSA) is 97.7 Å². The first-order chi connectivity index (χ1) is 14.3. The van der Waals surface area contributed by atoms with E-state index in [1.807, 2.05) is 6.92 Å². The minimum atomic E-state index is -3.69. The summed E-state index contributed by atoms with van der Waals surface area (Å²) >= 11 is 1.15. The van der Waals surface area contributed by atoms with E-state index in [0.717, 1.165) is 29.9 Å². The fraction of sp³-hybridized carbons (Fsp3) is 0.500. The zero-order valence-corrected chi connectivity index (χ0v) is 18.9. The van der Waals surface area contributed by atoms with Crippen LogP contribution in [0.2, 0.25) is 0 Å². The monoisotopic (exact) mass is 453 g/mol. The van der Waals surface area contributed by atoms with Crippen LogP contribution >= 0.6 is 11.3 Å². The maximum absolute atomic E-state index is 13.0. The van der Waals surface area contributed by atoms with Crippen molar-refractivity contribution in [3.8, 4) is 5.75 Å². The van der Waals surface area contributed by atoms with Gasteiger partial charge in [0.1, 0.15) is 10.6 Å². The Labute approximate surface area is 180 Å². The normalized spacial score (nSPS) is 14.7. The summed E-state index contributed by atoms with van der Waals surface area (Å²) in [4.78, 5) is 24.1. The smallest absolute Gasteiger partial charge is 0.307 e. The Morgan fingerprint density at radius 2 is 2.00 bits per heavy atom. The average Bonchev–Trinajstić information content (AvgIpc) is 3.35. The first-order valence-corrected chi connectivity index (χ1v) is 12.4. The largest absolute Gasteiger partial charge is 0.492 e. The highest BCUT2D eigenvalue weighted by atomic mass is 32.2. The van der Waals surface area contributed by atoms with Crippen molar-refractivity contribution < 1.29 is 17.9 Å². The number of benzene rings is 1. The van der Waals surface area contributed by atoms with Crippen molar-refractivity contribution in [3.63, 3.8) is 0 Å². The molecule has 0 saturated carbocycles. The second-order valence-electron chi connectivity index (χ2n) is 7.15. The summed E-state index contributed by atoms with van der Waals surface area (Å²) in [6.45, 7) is 5.45. The molecule has 8 nitrogen and oxygen atoms in total. The second-order valence-corrected chi connectivity index (χ2v) is 9.88. The number of nitrogens with one attached hydrogen (secondary N) is 1. The Hall–Kier alpha value is -2.17. The van der Waals surface area contributed by atoms with E-state index in [0.29, 0.717) is 38.3 Å². The van der Waals surface area contributed by atoms with Crippen LogP contribution in [0.1, 0.15) is 38.3 Å². The number of aryl methyl sites for hydroxylation is 1. The van der Waals surface area contributed by atoms with Gasteiger partial charge in [0, 0.05) is 42.8 Å². The number of thiazole rings is 1. The second kappa shape index (κ2) is 9.76. The molecule has 1 amide bonds. The van der Waals surface area contributed by atoms with Gasteiger partial charge in [-0.05, 0) is 51.3 Å². The van der Waals surface area contributed by atoms with Crippen LogP contribution in [0.5, 0.6) is 5.75 Å². The Balaban J connectivity index is 1.69. The molecule has 1 aliphatic rings. The number of amides is 1. The Morgan fingerprint density at radius 1 is 1.27 bits per heavy atom. The lowest BCUT2D eigenvalue weighted by Crippen LogP contribution is -2.28. The minimum absolute atomic E-state index is 0.0313. The molecule has 1 N–H and O–H groups in total. The summed E-state index contributed by atoms with van der Waals surface area (Å²) < 4.78 is 34.7. The zero-order chi connectivity index (χ0) is 21.7. The lowest BCUT2D eigenvalue weighted by Gasteiger charge is -2.19. The average molecular weight is 454 g/mol. The van der Waals surface area contributed by atoms with Gasteiger partial charge in [-0.2, -0.15) is 4.31 Å². The molecular weight excluding hydrogens is 426 g/mol. The van der Waals surface area contributed by atoms with Gasteiger partial charge >= 0.3 is 4.87 Å². The Kier molecular flexibility index (Phi) is 7.32. The van der Waals surface area contributed by atoms with Crippen molar-refractivity contribution in [2.24, 2.45) is 0 Å². The van der Waals surface area contributed by atoms with E-state index in [9.17, 15) is 18.0 Å². The molecule has 0 atom stereocenters. The number of hydrogen-bond donors (Lipinski definition) is 1. The van der Waals surface area contributed by atoms with Gasteiger partial charge < -0.3 is 14.6 Å². The van der Waals surface area contributed by atoms with E-state index in [1.165, 1.54) is 10.4 Å². The summed E-state index contributed by atoms with van der Waals surface area (Å²) in [6.07, 6.45) is 2.42. The van der Waals surface area contributed by atoms with Gasteiger partial charge in [0.2, 0.25) is 15.9 Å². The molecule has 0 aliphatic carbocycles. The van der Waals surface area contributed by atoms with Gasteiger partial charge in [-0.25, -0.2) is 8.42 Å². The number of rotatable bonds is 9. The van der Waals surface area contributed by atoms with E-state index in [1.54, 1.807) is 29.0 Å². The predicted octanol–water partition coefficient (Wildman–Crippen LogP) is 2.82. The third-order valence-corrected chi connectivity index (χ3v) is 7.77. The van der Waals surface area contributed by atoms with E-state index in [-0.39, 0.29) is 27.8 Å². The van der Waals surface area contributed by atoms with Gasteiger partial charge in [0.25, 0.3) is 0 Å². The highest BCUT2D eigenvalue weighted by Crippen LogP contribution is 2.31. The number of carbonyl (C=O) groups excluding carboxylic acids is 1. The maximum Gasteiger partial charge on any atom is 0.307 e. The number of carbonyl (C=O) groups is 1. The summed E-state index contributed by atoms with van der Waals surface area (Å²) in [5, 5.41) is 4.56. The van der Waals surface area contributed by atoms with E-state index >= 15 is 0 Å². The minimum Gasteiger partial charge on any atom is -0.492 e. The quantitative estimate of drug-likeness (QED) is 0.630. The summed E-state index contributed by atoms with van der Waals surface area (Å²) in [5.41, 5.74) is 1.29. The number of aromatic nitrogens is 1. The molecule has 10 heteroatoms. The molecule has 1 aromatic carbocycles. The van der Waals surface area contributed by atoms with E-state index in [4.69, 9.17) is 4.74 Å². The maximum atomic E-state index is 13.0. The Bertz CT molecular complexity index is 1050. The molecule has 164 valence electrons. The fourth-order valence-corrected chi connectivity index (χ4v) is 5.86. The first-order valence-electron chi connectivity index (χ1n) is 10.0. The van der Waals surface area contributed by atoms with Gasteiger partial charge in [0.05, 0.1) is 6.61 Å². The Morgan fingerprint density at radius 3 is 2.63 bits per heavy atom. The number of hydrogen-bond acceptors (Lipinski definition) is 6. The number of nitrogens with zero attached hydrogens (tertiary/aromatic N) is 2. The summed E-state index contributed by atoms with van der Waals surface area (Å²) in [7, 11) is -3.69. The van der Waals surface area contributed by atoms with Gasteiger partial charge in [-0.1, -0.05) is 11.3 Å². The van der Waals surface area contributed by atoms with Crippen molar-refractivity contribution in [2.45, 2.75) is 51.0 Å². The molecule has 2 heterocycles. The molecule has 0 bridgehead atoms. The molecular formula is C20H27N3O5S2. The zero-order valence-electron chi connectivity index (χ0n) is 17.2. The van der Waals surface area contributed by atoms with Gasteiger partial charge in [-0.3, -0.25) is 9.59 Å². The van der Waals surface area contributed by atoms with Crippen molar-refractivity contribution >= 4 is 33.0 Å². The van der Waals surface area contributed by atoms with Crippen LogP contribution in [-0.4, -0.2) is 42.9 Å². The van der Waals surface area contributed by atoms with Crippen LogP contribution in [0.3, 0.4) is 0 Å². The van der Waals surface area contributed by atoms with Gasteiger partial charge in [0.15, 0.2) is 0 Å². The lowest BCUT2D eigenvalue weighted by atomic mass is 10.2. The molecule has 2 aromatic rings. The SMILES string of the molecule is CCOc1ccc(NC(=O)CCCn2c(C)csc2=O)cc1S(=O)(=O)N1CCCC1. The number of anilines is 1. The molecule has 1 fully saturated rings. The van der Waals surface area contributed by atoms with Crippen LogP contribution < -0.4 is 14.9 Å². The summed E-state index contributed by atoms with van der Waals surface area (Å²) in [6, 6.07) is 4.68. The molecule has 1 aliphatic heterocycles. The van der Waals surface area contributed by atoms with Gasteiger partial charge in [-0.15, -0.1) is 0 Å². The van der Waals surface area contributed by atoms with Crippen LogP contribution in [0, 0.1) is 6.92 Å². The van der Waals surface area contributed by atoms with Crippen LogP contribution in [0.25, 0.3) is 0 Å². The molecule has 0 unspecified atom stereocenters. The third-order valence-electron chi connectivity index (χ3n) is 4.97. The lowest BCUT2D eigenvalue weighted by molar-refractivity contribution is -0.116. The molecule has 0 radical (unpaired) electrons. The van der Waals surface area contributed by atoms with Crippen LogP contribution in [0.4, 0.5) is 5.69 Å². The number of ether oxygens (including phenoxy) is 1. The molecule has 1 saturated heterocycles. The molecule has 3 rings (SSSR count). The third kappa shape index (κ3) is 5.11. The van der Waals surface area contributed by atoms with Crippen LogP contribution in [0.15, 0.2) is 33.3 Å². The van der Waals surface area contributed by atoms with E-state index < -0.39 is 10.0 Å². The molecule has 1 aromatic heterocycles. The van der Waals surface area contributed by atoms with E-state index in [2.05, 4.69) is 5.32 Å². The predicted molar refractivity (Wildman–Crippen MR) is 117 cm³/mol. The fourth-order valence-electron chi connectivity index (χ4n) is 3.43. The van der Waals surface area contributed by atoms with Crippen LogP contribution in [-0.2, 0) is 21.4 Å². The highest BCUT2D eigenvalue weighted by Gasteiger charge is 2.30. The van der Waals surface area contributed by atoms with Crippen molar-refractivity contribution in [1.82, 2.24) is 8.87 Å². The standard InChI is InChI=1S/C20H27N3O5S2/c1-3-28-17-9-8-16(13-18(17)30(26,27)22-10-4-5-11-22)21-19(24)7-6-12-23-15(2)14-29-20(23)25/h8-9,13-14H,3-7,10-12H2,1-2H3,(H,21,24). The molecule has 30 heavy (non-hydrogen) atoms. The van der Waals surface area contributed by atoms with Crippen molar-refractivity contribution in [2.75, 3.05) is 25.0 Å². The highest BCUT2D eigenvalue weighted by molar-refractivity contribution is 7.89. The van der Waals surface area contributed by atoms with Crippen molar-refractivity contribution in [3.05, 3.63) is 38.9 Å². The van der Waals surface area contributed by atoms with Crippen molar-refractivity contribution in [1.29, 1.82) is 0 Å². The summed E-state index contributed by atoms with van der Waals surface area (Å²) in [5.74, 6) is 0.0549. The number of sulfonamides is 1. The first kappa shape index (κ1) is 22.5. The molecule has 0 spiro atoms.